The number of hydrogen-bond acceptors (Lipinski definition) is 2. The molecule has 1 unspecified atom stereocenters. The molecule has 0 spiro atoms. The van der Waals surface area contributed by atoms with Crippen LogP contribution >= 0.6 is 15.9 Å². The third kappa shape index (κ3) is 2.98. The summed E-state index contributed by atoms with van der Waals surface area (Å²) in [6.45, 7) is 2.47. The quantitative estimate of drug-likeness (QED) is 0.864. The van der Waals surface area contributed by atoms with Gasteiger partial charge in [-0.15, -0.1) is 0 Å². The summed E-state index contributed by atoms with van der Waals surface area (Å²) >= 11 is 3.09. The number of hydrogen-bond donors (Lipinski definition) is 1. The van der Waals surface area contributed by atoms with Gasteiger partial charge >= 0.3 is 0 Å². The number of pyridine rings is 1. The van der Waals surface area contributed by atoms with Gasteiger partial charge in [0.2, 0.25) is 0 Å². The fourth-order valence-electron chi connectivity index (χ4n) is 1.94. The molecule has 2 nitrogen and oxygen atoms in total. The Hall–Kier alpha value is -1.33. The smallest absolute Gasteiger partial charge is 0.145 e. The molecule has 1 atom stereocenters. The first-order valence-electron chi connectivity index (χ1n) is 5.91. The predicted octanol–water partition coefficient (Wildman–Crippen LogP) is 3.82. The van der Waals surface area contributed by atoms with Gasteiger partial charge < -0.3 is 5.32 Å². The zero-order chi connectivity index (χ0) is 13.8. The summed E-state index contributed by atoms with van der Waals surface area (Å²) in [4.78, 5) is 4.00. The van der Waals surface area contributed by atoms with E-state index in [4.69, 9.17) is 0 Å². The van der Waals surface area contributed by atoms with E-state index in [1.54, 1.807) is 24.5 Å². The van der Waals surface area contributed by atoms with Crippen LogP contribution < -0.4 is 5.32 Å². The maximum Gasteiger partial charge on any atom is 0.145 e. The number of rotatable bonds is 4. The zero-order valence-corrected chi connectivity index (χ0v) is 11.9. The van der Waals surface area contributed by atoms with E-state index in [-0.39, 0.29) is 10.0 Å². The molecule has 0 fully saturated rings. The van der Waals surface area contributed by atoms with Crippen molar-refractivity contribution in [3.05, 3.63) is 63.9 Å². The Bertz CT molecular complexity index is 561. The van der Waals surface area contributed by atoms with E-state index in [9.17, 15) is 8.78 Å². The van der Waals surface area contributed by atoms with Gasteiger partial charge in [0.25, 0.3) is 0 Å². The lowest BCUT2D eigenvalue weighted by atomic mass is 9.99. The summed E-state index contributed by atoms with van der Waals surface area (Å²) in [5, 5.41) is 3.08. The van der Waals surface area contributed by atoms with Gasteiger partial charge in [0, 0.05) is 18.0 Å². The van der Waals surface area contributed by atoms with E-state index in [0.29, 0.717) is 6.54 Å². The first-order chi connectivity index (χ1) is 9.15. The summed E-state index contributed by atoms with van der Waals surface area (Å²) < 4.78 is 28.4. The molecule has 0 aliphatic heterocycles. The van der Waals surface area contributed by atoms with Crippen LogP contribution in [0.5, 0.6) is 0 Å². The van der Waals surface area contributed by atoms with E-state index in [0.717, 1.165) is 5.56 Å². The van der Waals surface area contributed by atoms with E-state index < -0.39 is 17.7 Å². The normalized spacial score (nSPS) is 12.4. The molecular weight excluding hydrogens is 314 g/mol. The molecule has 1 aromatic heterocycles. The summed E-state index contributed by atoms with van der Waals surface area (Å²) in [6.07, 6.45) is 3.23. The summed E-state index contributed by atoms with van der Waals surface area (Å²) in [7, 11) is 0. The fraction of sp³-hybridized carbons (Fsp3) is 0.214. The first kappa shape index (κ1) is 14.1. The lowest BCUT2D eigenvalue weighted by Gasteiger charge is -2.20. The highest BCUT2D eigenvalue weighted by atomic mass is 79.9. The van der Waals surface area contributed by atoms with Crippen LogP contribution in [0.25, 0.3) is 0 Å². The average Bonchev–Trinajstić information content (AvgIpc) is 2.43. The van der Waals surface area contributed by atoms with E-state index in [1.165, 1.54) is 12.1 Å². The van der Waals surface area contributed by atoms with Crippen molar-refractivity contribution in [1.82, 2.24) is 10.3 Å². The van der Waals surface area contributed by atoms with Gasteiger partial charge in [0.05, 0.1) is 10.5 Å². The second kappa shape index (κ2) is 6.21. The topological polar surface area (TPSA) is 24.9 Å². The van der Waals surface area contributed by atoms with Crippen molar-refractivity contribution < 1.29 is 8.78 Å². The van der Waals surface area contributed by atoms with Gasteiger partial charge in [-0.3, -0.25) is 4.98 Å². The van der Waals surface area contributed by atoms with Crippen LogP contribution in [-0.4, -0.2) is 11.5 Å². The highest BCUT2D eigenvalue weighted by Crippen LogP contribution is 2.30. The molecule has 1 N–H and O–H groups in total. The van der Waals surface area contributed by atoms with Crippen molar-refractivity contribution in [1.29, 1.82) is 0 Å². The molecular formula is C14H13BrF2N2. The third-order valence-electron chi connectivity index (χ3n) is 2.79. The van der Waals surface area contributed by atoms with Gasteiger partial charge in [-0.25, -0.2) is 8.78 Å². The lowest BCUT2D eigenvalue weighted by Crippen LogP contribution is -2.24. The van der Waals surface area contributed by atoms with Crippen LogP contribution in [0.4, 0.5) is 8.78 Å². The SMILES string of the molecule is CCNC(c1cccnc1)c1c(F)ccc(Br)c1F. The van der Waals surface area contributed by atoms with Crippen LogP contribution in [0.15, 0.2) is 41.1 Å². The van der Waals surface area contributed by atoms with Crippen molar-refractivity contribution in [2.45, 2.75) is 13.0 Å². The molecule has 0 radical (unpaired) electrons. The Morgan fingerprint density at radius 1 is 1.32 bits per heavy atom. The number of halogens is 3. The fourth-order valence-corrected chi connectivity index (χ4v) is 2.29. The number of nitrogens with one attached hydrogen (secondary N) is 1. The van der Waals surface area contributed by atoms with Crippen molar-refractivity contribution in [2.75, 3.05) is 6.54 Å². The third-order valence-corrected chi connectivity index (χ3v) is 3.41. The molecule has 19 heavy (non-hydrogen) atoms. The van der Waals surface area contributed by atoms with E-state index >= 15 is 0 Å². The highest BCUT2D eigenvalue weighted by Gasteiger charge is 2.23. The van der Waals surface area contributed by atoms with Crippen LogP contribution in [0, 0.1) is 11.6 Å². The maximum atomic E-state index is 14.2. The second-order valence-corrected chi connectivity index (χ2v) is 4.89. The van der Waals surface area contributed by atoms with Crippen molar-refractivity contribution in [3.63, 3.8) is 0 Å². The zero-order valence-electron chi connectivity index (χ0n) is 10.3. The molecule has 5 heteroatoms. The molecule has 0 bridgehead atoms. The van der Waals surface area contributed by atoms with Gasteiger partial charge in [-0.05, 0) is 46.2 Å². The number of nitrogens with zero attached hydrogens (tertiary/aromatic N) is 1. The van der Waals surface area contributed by atoms with Gasteiger partial charge in [-0.1, -0.05) is 13.0 Å². The van der Waals surface area contributed by atoms with Gasteiger partial charge in [-0.2, -0.15) is 0 Å². The van der Waals surface area contributed by atoms with Crippen LogP contribution in [0.1, 0.15) is 24.1 Å². The molecule has 2 rings (SSSR count). The standard InChI is InChI=1S/C14H13BrF2N2/c1-2-19-14(9-4-3-7-18-8-9)12-11(16)6-5-10(15)13(12)17/h3-8,14,19H,2H2,1H3. The Labute approximate surface area is 119 Å². The van der Waals surface area contributed by atoms with E-state index in [2.05, 4.69) is 26.2 Å². The maximum absolute atomic E-state index is 14.2. The van der Waals surface area contributed by atoms with Crippen molar-refractivity contribution in [3.8, 4) is 0 Å². The van der Waals surface area contributed by atoms with Crippen molar-refractivity contribution >= 4 is 15.9 Å². The first-order valence-corrected chi connectivity index (χ1v) is 6.71. The Balaban J connectivity index is 2.54. The van der Waals surface area contributed by atoms with Crippen LogP contribution in [-0.2, 0) is 0 Å². The van der Waals surface area contributed by atoms with E-state index in [1.807, 2.05) is 6.92 Å². The Morgan fingerprint density at radius 2 is 2.11 bits per heavy atom. The van der Waals surface area contributed by atoms with Crippen LogP contribution in [0.2, 0.25) is 0 Å². The molecule has 100 valence electrons. The Kier molecular flexibility index (Phi) is 4.61. The molecule has 0 amide bonds. The minimum absolute atomic E-state index is 0.00391. The molecule has 0 saturated heterocycles. The number of benzene rings is 1. The minimum Gasteiger partial charge on any atom is -0.306 e. The largest absolute Gasteiger partial charge is 0.306 e. The molecule has 1 heterocycles. The molecule has 1 aromatic carbocycles. The van der Waals surface area contributed by atoms with Crippen molar-refractivity contribution in [2.24, 2.45) is 0 Å². The molecule has 0 aliphatic carbocycles. The summed E-state index contributed by atoms with van der Waals surface area (Å²) in [6, 6.07) is 5.59. The Morgan fingerprint density at radius 3 is 2.74 bits per heavy atom. The number of aromatic nitrogens is 1. The lowest BCUT2D eigenvalue weighted by molar-refractivity contribution is 0.507. The summed E-state index contributed by atoms with van der Waals surface area (Å²) in [5.74, 6) is -1.16. The molecule has 0 aliphatic rings. The predicted molar refractivity (Wildman–Crippen MR) is 73.8 cm³/mol. The second-order valence-electron chi connectivity index (χ2n) is 4.03. The average molecular weight is 327 g/mol. The monoisotopic (exact) mass is 326 g/mol. The molecule has 2 aromatic rings. The molecule has 0 saturated carbocycles. The van der Waals surface area contributed by atoms with Crippen LogP contribution in [0.3, 0.4) is 0 Å². The summed E-state index contributed by atoms with van der Waals surface area (Å²) in [5.41, 5.74) is 0.726. The minimum atomic E-state index is -0.588. The highest BCUT2D eigenvalue weighted by molar-refractivity contribution is 9.10. The van der Waals surface area contributed by atoms with Gasteiger partial charge in [0.15, 0.2) is 0 Å². The van der Waals surface area contributed by atoms with Gasteiger partial charge in [0.1, 0.15) is 11.6 Å².